The zero-order valence-corrected chi connectivity index (χ0v) is 25.2. The van der Waals surface area contributed by atoms with E-state index in [0.29, 0.717) is 0 Å². The molecule has 238 valence electrons. The number of hydrogen-bond acceptors (Lipinski definition) is 8. The van der Waals surface area contributed by atoms with E-state index in [-0.39, 0.29) is 55.4 Å². The second kappa shape index (κ2) is 15.0. The average Bonchev–Trinajstić information content (AvgIpc) is 3.48. The van der Waals surface area contributed by atoms with Crippen molar-refractivity contribution in [2.75, 3.05) is 13.1 Å². The van der Waals surface area contributed by atoms with Crippen LogP contribution in [0.25, 0.3) is 0 Å². The second-order valence-electron chi connectivity index (χ2n) is 11.2. The summed E-state index contributed by atoms with van der Waals surface area (Å²) in [4.78, 5) is 71.2. The minimum absolute atomic E-state index is 0.00695. The second-order valence-corrected chi connectivity index (χ2v) is 11.2. The maximum Gasteiger partial charge on any atom is 0.274 e. The molecule has 2 aromatic heterocycles. The zero-order valence-electron chi connectivity index (χ0n) is 25.2. The number of halogens is 1. The Balaban J connectivity index is 1.66. The Hall–Kier alpha value is -5.14. The molecule has 3 heterocycles. The molecular formula is C31H36FN7O6. The van der Waals surface area contributed by atoms with Gasteiger partial charge < -0.3 is 30.7 Å². The van der Waals surface area contributed by atoms with Crippen LogP contribution in [0.3, 0.4) is 0 Å². The van der Waals surface area contributed by atoms with Crippen molar-refractivity contribution in [2.24, 2.45) is 5.92 Å². The molecule has 14 heteroatoms. The van der Waals surface area contributed by atoms with Crippen LogP contribution in [-0.2, 0) is 27.3 Å². The van der Waals surface area contributed by atoms with Crippen LogP contribution in [0.5, 0.6) is 0 Å². The molecule has 0 aliphatic carbocycles. The topological polar surface area (TPSA) is 176 Å². The molecule has 4 N–H and O–H groups in total. The van der Waals surface area contributed by atoms with E-state index in [1.165, 1.54) is 30.2 Å². The van der Waals surface area contributed by atoms with Gasteiger partial charge in [0.25, 0.3) is 11.8 Å². The van der Waals surface area contributed by atoms with Gasteiger partial charge in [0.1, 0.15) is 18.1 Å². The maximum atomic E-state index is 14.5. The highest BCUT2D eigenvalue weighted by atomic mass is 19.1. The van der Waals surface area contributed by atoms with Gasteiger partial charge in [-0.3, -0.25) is 29.0 Å². The maximum absolute atomic E-state index is 14.5. The van der Waals surface area contributed by atoms with Crippen LogP contribution in [0.15, 0.2) is 59.4 Å². The zero-order chi connectivity index (χ0) is 32.5. The summed E-state index contributed by atoms with van der Waals surface area (Å²) in [7, 11) is 0. The van der Waals surface area contributed by atoms with Gasteiger partial charge in [0.15, 0.2) is 17.3 Å². The van der Waals surface area contributed by atoms with Gasteiger partial charge in [-0.25, -0.2) is 4.39 Å². The molecule has 1 aliphatic heterocycles. The Kier molecular flexibility index (Phi) is 11.0. The van der Waals surface area contributed by atoms with Crippen LogP contribution < -0.4 is 21.3 Å². The summed E-state index contributed by atoms with van der Waals surface area (Å²) in [6.45, 7) is 4.86. The molecule has 13 nitrogen and oxygen atoms in total. The Morgan fingerprint density at radius 1 is 1.02 bits per heavy atom. The van der Waals surface area contributed by atoms with Gasteiger partial charge >= 0.3 is 0 Å². The molecule has 0 radical (unpaired) electrons. The van der Waals surface area contributed by atoms with Crippen molar-refractivity contribution in [1.82, 2.24) is 36.3 Å². The molecule has 0 fully saturated rings. The quantitative estimate of drug-likeness (QED) is 0.330. The van der Waals surface area contributed by atoms with E-state index in [1.807, 2.05) is 44.2 Å². The van der Waals surface area contributed by atoms with Crippen molar-refractivity contribution in [1.29, 1.82) is 0 Å². The molecule has 1 aliphatic rings. The first kappa shape index (κ1) is 32.8. The van der Waals surface area contributed by atoms with E-state index >= 15 is 0 Å². The van der Waals surface area contributed by atoms with Gasteiger partial charge in [-0.05, 0) is 30.9 Å². The molecule has 0 saturated heterocycles. The van der Waals surface area contributed by atoms with Gasteiger partial charge in [-0.2, -0.15) is 0 Å². The van der Waals surface area contributed by atoms with Gasteiger partial charge in [0.2, 0.25) is 17.7 Å². The number of hydrogen-bond donors (Lipinski definition) is 4. The van der Waals surface area contributed by atoms with Gasteiger partial charge in [0, 0.05) is 31.8 Å². The molecule has 2 bridgehead atoms. The minimum atomic E-state index is -1.06. The number of pyridine rings is 1. The predicted molar refractivity (Wildman–Crippen MR) is 159 cm³/mol. The number of benzene rings is 1. The Morgan fingerprint density at radius 2 is 1.76 bits per heavy atom. The fraction of sp³-hybridized carbons (Fsp3) is 0.387. The molecule has 0 unspecified atom stereocenters. The van der Waals surface area contributed by atoms with Crippen LogP contribution in [0.2, 0.25) is 0 Å². The van der Waals surface area contributed by atoms with E-state index in [1.54, 1.807) is 0 Å². The third kappa shape index (κ3) is 8.94. The third-order valence-electron chi connectivity index (χ3n) is 7.11. The number of amides is 5. The summed E-state index contributed by atoms with van der Waals surface area (Å²) in [5.74, 6) is -3.85. The lowest BCUT2D eigenvalue weighted by Crippen LogP contribution is -2.57. The van der Waals surface area contributed by atoms with Crippen LogP contribution in [0.4, 0.5) is 4.39 Å². The van der Waals surface area contributed by atoms with E-state index in [4.69, 9.17) is 4.52 Å². The fourth-order valence-corrected chi connectivity index (χ4v) is 4.76. The van der Waals surface area contributed by atoms with Crippen molar-refractivity contribution in [2.45, 2.75) is 58.3 Å². The summed E-state index contributed by atoms with van der Waals surface area (Å²) in [6, 6.07) is 8.53. The van der Waals surface area contributed by atoms with Crippen LogP contribution in [-0.4, -0.2) is 75.8 Å². The number of nitrogens with zero attached hydrogens (tertiary/aromatic N) is 3. The number of fused-ring (bicyclic) bond motifs is 2. The number of aromatic nitrogens is 2. The summed E-state index contributed by atoms with van der Waals surface area (Å²) in [5, 5.41) is 14.5. The highest BCUT2D eigenvalue weighted by Crippen LogP contribution is 2.14. The summed E-state index contributed by atoms with van der Waals surface area (Å²) in [5.41, 5.74) is 0.384. The first-order valence-corrected chi connectivity index (χ1v) is 14.6. The lowest BCUT2D eigenvalue weighted by molar-refractivity contribution is -0.132. The van der Waals surface area contributed by atoms with Crippen molar-refractivity contribution < 1.29 is 32.9 Å². The molecule has 0 saturated carbocycles. The van der Waals surface area contributed by atoms with Crippen LogP contribution in [0.1, 0.15) is 59.4 Å². The van der Waals surface area contributed by atoms with E-state index in [9.17, 15) is 28.4 Å². The summed E-state index contributed by atoms with van der Waals surface area (Å²) >= 11 is 0. The van der Waals surface area contributed by atoms with E-state index in [2.05, 4.69) is 31.4 Å². The lowest BCUT2D eigenvalue weighted by atomic mass is 10.0. The number of carbonyl (C=O) groups is 5. The molecule has 5 amide bonds. The Labute approximate surface area is 259 Å². The van der Waals surface area contributed by atoms with Gasteiger partial charge in [0.05, 0.1) is 18.3 Å². The lowest BCUT2D eigenvalue weighted by Gasteiger charge is -2.26. The predicted octanol–water partition coefficient (Wildman–Crippen LogP) is 1.36. The summed E-state index contributed by atoms with van der Waals surface area (Å²) in [6.07, 6.45) is 2.61. The number of nitrogens with one attached hydrogen (secondary N) is 4. The average molecular weight is 622 g/mol. The molecule has 4 rings (SSSR count). The highest BCUT2D eigenvalue weighted by molar-refractivity contribution is 5.98. The van der Waals surface area contributed by atoms with Crippen molar-refractivity contribution in [3.8, 4) is 0 Å². The summed E-state index contributed by atoms with van der Waals surface area (Å²) < 4.78 is 19.8. The molecule has 1 aromatic carbocycles. The van der Waals surface area contributed by atoms with E-state index in [0.717, 1.165) is 11.8 Å². The first-order valence-electron chi connectivity index (χ1n) is 14.6. The van der Waals surface area contributed by atoms with E-state index < -0.39 is 53.5 Å². The fourth-order valence-electron chi connectivity index (χ4n) is 4.76. The SMILES string of the molecule is CC(C)C[C@H]1NC(=O)[C@@H](C)NC(=O)c2cc(on2)CN(C(=O)c2ccncc2F)CCNC(=O)[C@@H](Cc2ccccc2)NC1=O. The largest absolute Gasteiger partial charge is 0.359 e. The van der Waals surface area contributed by atoms with Gasteiger partial charge in [-0.15, -0.1) is 0 Å². The number of carbonyl (C=O) groups excluding carboxylic acids is 5. The standard InChI is InChI=1S/C31H36FN7O6/c1-18(2)13-24-29(42)37-25(14-20-7-5-4-6-8-20)28(41)34-11-12-39(31(44)22-9-10-33-16-23(22)32)17-21-15-26(38-45-21)30(43)35-19(3)27(40)36-24/h4-10,15-16,18-19,24-25H,11-14,17H2,1-3H3,(H,34,41)(H,35,43)(H,36,40)(H,37,42)/t19-,24-,25-/m1/s1. The highest BCUT2D eigenvalue weighted by Gasteiger charge is 2.30. The van der Waals surface area contributed by atoms with Crippen molar-refractivity contribution >= 4 is 29.5 Å². The monoisotopic (exact) mass is 621 g/mol. The third-order valence-corrected chi connectivity index (χ3v) is 7.11. The molecule has 45 heavy (non-hydrogen) atoms. The van der Waals surface area contributed by atoms with Crippen LogP contribution in [0, 0.1) is 11.7 Å². The molecule has 0 spiro atoms. The van der Waals surface area contributed by atoms with Gasteiger partial charge in [-0.1, -0.05) is 49.3 Å². The van der Waals surface area contributed by atoms with Crippen LogP contribution >= 0.6 is 0 Å². The normalized spacial score (nSPS) is 20.4. The smallest absolute Gasteiger partial charge is 0.274 e. The Bertz CT molecular complexity index is 1530. The molecule has 3 atom stereocenters. The molecular weight excluding hydrogens is 585 g/mol. The Morgan fingerprint density at radius 3 is 2.47 bits per heavy atom. The number of rotatable bonds is 5. The van der Waals surface area contributed by atoms with Crippen molar-refractivity contribution in [3.05, 3.63) is 83.3 Å². The minimum Gasteiger partial charge on any atom is -0.359 e. The van der Waals surface area contributed by atoms with Crippen molar-refractivity contribution in [3.63, 3.8) is 0 Å². The molecule has 3 aromatic rings. The first-order chi connectivity index (χ1) is 21.5.